The predicted octanol–water partition coefficient (Wildman–Crippen LogP) is 3.86. The summed E-state index contributed by atoms with van der Waals surface area (Å²) in [7, 11) is 3.47. The summed E-state index contributed by atoms with van der Waals surface area (Å²) in [4.78, 5) is 11.0. The van der Waals surface area contributed by atoms with E-state index in [9.17, 15) is 5.11 Å². The Kier molecular flexibility index (Phi) is 12.0. The van der Waals surface area contributed by atoms with Crippen molar-refractivity contribution in [2.75, 3.05) is 78.7 Å². The maximum Gasteiger partial charge on any atom is 0.124 e. The van der Waals surface area contributed by atoms with Gasteiger partial charge in [-0.1, -0.05) is 46.2 Å². The van der Waals surface area contributed by atoms with Crippen molar-refractivity contribution < 1.29 is 15.3 Å². The topological polar surface area (TPSA) is 73.7 Å². The van der Waals surface area contributed by atoms with Crippen LogP contribution >= 0.6 is 32.9 Å². The summed E-state index contributed by atoms with van der Waals surface area (Å²) in [5.41, 5.74) is 4.50. The van der Waals surface area contributed by atoms with Gasteiger partial charge in [0, 0.05) is 103 Å². The Balaban J connectivity index is 1.54. The van der Waals surface area contributed by atoms with Crippen molar-refractivity contribution in [2.45, 2.75) is 45.7 Å². The number of aliphatic hydroxyl groups is 2. The number of hydrogen-bond donors (Lipinski definition) is 3. The maximum absolute atomic E-state index is 11.5. The molecule has 212 valence electrons. The number of piperazine rings is 2. The fourth-order valence-electron chi connectivity index (χ4n) is 5.51. The highest BCUT2D eigenvalue weighted by molar-refractivity contribution is 7.80. The molecule has 2 aliphatic rings. The van der Waals surface area contributed by atoms with Crippen molar-refractivity contribution in [2.24, 2.45) is 0 Å². The minimum atomic E-state index is 0.247. The van der Waals surface area contributed by atoms with Crippen molar-refractivity contribution >= 4 is 32.9 Å². The number of hydrogen-bond acceptors (Lipinski definition) is 10. The molecular formula is C28H44N4O3S3. The van der Waals surface area contributed by atoms with Crippen molar-refractivity contribution in [3.63, 3.8) is 0 Å². The van der Waals surface area contributed by atoms with Crippen LogP contribution in [0, 0.1) is 3.82 Å². The second-order valence-electron chi connectivity index (χ2n) is 10.5. The van der Waals surface area contributed by atoms with Crippen LogP contribution in [0.2, 0.25) is 0 Å². The molecule has 3 heterocycles. The van der Waals surface area contributed by atoms with Crippen LogP contribution in [0.5, 0.6) is 5.75 Å². The van der Waals surface area contributed by atoms with E-state index >= 15 is 0 Å². The van der Waals surface area contributed by atoms with Gasteiger partial charge in [-0.15, -0.1) is 0 Å². The normalized spacial score (nSPS) is 18.4. The van der Waals surface area contributed by atoms with E-state index in [4.69, 9.17) is 22.4 Å². The van der Waals surface area contributed by atoms with Gasteiger partial charge >= 0.3 is 0 Å². The third-order valence-electron chi connectivity index (χ3n) is 7.73. The van der Waals surface area contributed by atoms with Crippen LogP contribution in [-0.2, 0) is 19.5 Å². The van der Waals surface area contributed by atoms with E-state index in [2.05, 4.69) is 38.7 Å². The van der Waals surface area contributed by atoms with Crippen LogP contribution in [-0.4, -0.2) is 114 Å². The standard InChI is InChI=1S/C28H44N4O3S3/c1-2-5-25-27(37-38-28(25)36)22-18-23(20-31-12-8-29(9-13-31)6-3-16-33)26(35)24(19-22)21-32-14-10-30(11-15-32)7-4-17-34/h18-19,33-35H,2-17,20-21H2,1H3. The van der Waals surface area contributed by atoms with Gasteiger partial charge in [0.05, 0.1) is 4.88 Å². The molecule has 1 aromatic heterocycles. The number of aliphatic hydroxyl groups excluding tert-OH is 2. The zero-order chi connectivity index (χ0) is 26.9. The number of phenolic OH excluding ortho intramolecular Hbond substituents is 1. The molecule has 2 aromatic rings. The lowest BCUT2D eigenvalue weighted by atomic mass is 9.99. The van der Waals surface area contributed by atoms with Gasteiger partial charge in [-0.3, -0.25) is 9.80 Å². The van der Waals surface area contributed by atoms with Gasteiger partial charge in [-0.2, -0.15) is 0 Å². The van der Waals surface area contributed by atoms with E-state index in [1.54, 1.807) is 20.7 Å². The molecular weight excluding hydrogens is 537 g/mol. The largest absolute Gasteiger partial charge is 0.507 e. The molecule has 7 nitrogen and oxygen atoms in total. The summed E-state index contributed by atoms with van der Waals surface area (Å²) in [5, 5.41) is 29.8. The molecule has 0 atom stereocenters. The van der Waals surface area contributed by atoms with Crippen LogP contribution in [0.4, 0.5) is 0 Å². The molecule has 0 spiro atoms. The molecule has 0 radical (unpaired) electrons. The Bertz CT molecular complexity index is 1010. The molecule has 0 aliphatic carbocycles. The molecule has 0 amide bonds. The third kappa shape index (κ3) is 8.05. The van der Waals surface area contributed by atoms with Crippen LogP contribution < -0.4 is 0 Å². The lowest BCUT2D eigenvalue weighted by Crippen LogP contribution is -2.46. The van der Waals surface area contributed by atoms with Crippen molar-refractivity contribution in [3.8, 4) is 16.2 Å². The van der Waals surface area contributed by atoms with Gasteiger partial charge < -0.3 is 25.1 Å². The molecule has 0 saturated carbocycles. The van der Waals surface area contributed by atoms with Crippen molar-refractivity contribution in [3.05, 3.63) is 32.6 Å². The Labute approximate surface area is 240 Å². The van der Waals surface area contributed by atoms with Crippen molar-refractivity contribution in [1.82, 2.24) is 19.6 Å². The van der Waals surface area contributed by atoms with E-state index in [0.29, 0.717) is 5.75 Å². The van der Waals surface area contributed by atoms with Gasteiger partial charge in [0.2, 0.25) is 0 Å². The monoisotopic (exact) mass is 580 g/mol. The quantitative estimate of drug-likeness (QED) is 0.244. The lowest BCUT2D eigenvalue weighted by molar-refractivity contribution is 0.117. The van der Waals surface area contributed by atoms with Crippen LogP contribution in [0.25, 0.3) is 10.4 Å². The second kappa shape index (κ2) is 15.2. The maximum atomic E-state index is 11.5. The molecule has 2 aliphatic heterocycles. The molecule has 10 heteroatoms. The summed E-state index contributed by atoms with van der Waals surface area (Å²) in [5.74, 6) is 0.440. The first-order valence-corrected chi connectivity index (χ1v) is 16.7. The van der Waals surface area contributed by atoms with E-state index < -0.39 is 0 Å². The molecule has 2 saturated heterocycles. The lowest BCUT2D eigenvalue weighted by Gasteiger charge is -2.35. The molecule has 2 fully saturated rings. The van der Waals surface area contributed by atoms with E-state index in [0.717, 1.165) is 119 Å². The van der Waals surface area contributed by atoms with Crippen LogP contribution in [0.15, 0.2) is 12.1 Å². The molecule has 3 N–H and O–H groups in total. The number of nitrogens with zero attached hydrogens (tertiary/aromatic N) is 4. The van der Waals surface area contributed by atoms with Crippen LogP contribution in [0.3, 0.4) is 0 Å². The Hall–Kier alpha value is -0.950. The number of benzene rings is 1. The first-order chi connectivity index (χ1) is 18.5. The average Bonchev–Trinajstić information content (AvgIpc) is 3.30. The highest BCUT2D eigenvalue weighted by Crippen LogP contribution is 2.39. The van der Waals surface area contributed by atoms with Gasteiger partial charge in [-0.05, 0) is 42.5 Å². The molecule has 0 unspecified atom stereocenters. The molecule has 1 aromatic carbocycles. The SMILES string of the molecule is CCCc1c(-c2cc(CN3CCN(CCCO)CC3)c(O)c(CN3CCN(CCCO)CC3)c2)ssc1=S. The average molecular weight is 581 g/mol. The third-order valence-corrected chi connectivity index (χ3v) is 10.9. The van der Waals surface area contributed by atoms with Gasteiger partial charge in [0.1, 0.15) is 9.57 Å². The van der Waals surface area contributed by atoms with Crippen molar-refractivity contribution in [1.29, 1.82) is 0 Å². The van der Waals surface area contributed by atoms with Gasteiger partial charge in [0.25, 0.3) is 0 Å². The number of aromatic hydroxyl groups is 1. The number of rotatable bonds is 13. The van der Waals surface area contributed by atoms with E-state index in [1.807, 2.05) is 0 Å². The van der Waals surface area contributed by atoms with Gasteiger partial charge in [0.15, 0.2) is 0 Å². The first-order valence-electron chi connectivity index (χ1n) is 14.1. The molecule has 38 heavy (non-hydrogen) atoms. The summed E-state index contributed by atoms with van der Waals surface area (Å²) in [6, 6.07) is 4.41. The Morgan fingerprint density at radius 3 is 1.68 bits per heavy atom. The summed E-state index contributed by atoms with van der Waals surface area (Å²) >= 11 is 5.70. The fraction of sp³-hybridized carbons (Fsp3) is 0.679. The number of phenols is 1. The minimum absolute atomic E-state index is 0.247. The predicted molar refractivity (Wildman–Crippen MR) is 161 cm³/mol. The van der Waals surface area contributed by atoms with Crippen LogP contribution in [0.1, 0.15) is 42.9 Å². The van der Waals surface area contributed by atoms with E-state index in [1.165, 1.54) is 16.0 Å². The fourth-order valence-corrected chi connectivity index (χ4v) is 8.50. The van der Waals surface area contributed by atoms with Gasteiger partial charge in [-0.25, -0.2) is 0 Å². The summed E-state index contributed by atoms with van der Waals surface area (Å²) in [6.07, 6.45) is 3.72. The minimum Gasteiger partial charge on any atom is -0.507 e. The smallest absolute Gasteiger partial charge is 0.124 e. The summed E-state index contributed by atoms with van der Waals surface area (Å²) < 4.78 is 1.00. The van der Waals surface area contributed by atoms with E-state index in [-0.39, 0.29) is 13.2 Å². The first kappa shape index (κ1) is 30.0. The Morgan fingerprint density at radius 1 is 0.763 bits per heavy atom. The second-order valence-corrected chi connectivity index (χ2v) is 13.4. The molecule has 4 rings (SSSR count). The molecule has 0 bridgehead atoms. The zero-order valence-electron chi connectivity index (χ0n) is 22.7. The zero-order valence-corrected chi connectivity index (χ0v) is 25.2. The summed E-state index contributed by atoms with van der Waals surface area (Å²) in [6.45, 7) is 14.0. The highest BCUT2D eigenvalue weighted by atomic mass is 32.9. The Morgan fingerprint density at radius 2 is 1.24 bits per heavy atom. The highest BCUT2D eigenvalue weighted by Gasteiger charge is 2.23.